The molecular formula is C12H20N2O4. The van der Waals surface area contributed by atoms with Crippen LogP contribution < -0.4 is 0 Å². The third-order valence-corrected chi connectivity index (χ3v) is 3.60. The number of hydrogen-bond acceptors (Lipinski definition) is 4. The summed E-state index contributed by atoms with van der Waals surface area (Å²) in [6, 6.07) is 0. The van der Waals surface area contributed by atoms with E-state index in [1.807, 2.05) is 4.90 Å². The second-order valence-electron chi connectivity index (χ2n) is 4.67. The van der Waals surface area contributed by atoms with E-state index < -0.39 is 0 Å². The Balaban J connectivity index is 1.81. The molecule has 0 aliphatic carbocycles. The van der Waals surface area contributed by atoms with E-state index >= 15 is 0 Å². The van der Waals surface area contributed by atoms with Crippen molar-refractivity contribution in [3.63, 3.8) is 0 Å². The zero-order valence-corrected chi connectivity index (χ0v) is 10.8. The van der Waals surface area contributed by atoms with Crippen LogP contribution >= 0.6 is 0 Å². The molecule has 0 N–H and O–H groups in total. The molecule has 2 amide bonds. The SMILES string of the molecule is COC(=O)N1CCC(C(=O)N2CCOCC2)CC1. The summed E-state index contributed by atoms with van der Waals surface area (Å²) in [6.07, 6.45) is 1.16. The van der Waals surface area contributed by atoms with Crippen LogP contribution in [0.25, 0.3) is 0 Å². The first kappa shape index (κ1) is 13.1. The second kappa shape index (κ2) is 6.04. The maximum atomic E-state index is 12.2. The van der Waals surface area contributed by atoms with Crippen molar-refractivity contribution in [3.8, 4) is 0 Å². The van der Waals surface area contributed by atoms with E-state index in [0.717, 1.165) is 12.8 Å². The fraction of sp³-hybridized carbons (Fsp3) is 0.833. The zero-order chi connectivity index (χ0) is 13.0. The van der Waals surface area contributed by atoms with Gasteiger partial charge in [0.2, 0.25) is 5.91 Å². The number of ether oxygens (including phenoxy) is 2. The number of methoxy groups -OCH3 is 1. The van der Waals surface area contributed by atoms with Crippen LogP contribution in [0.4, 0.5) is 4.79 Å². The summed E-state index contributed by atoms with van der Waals surface area (Å²) < 4.78 is 9.91. The molecule has 0 aromatic carbocycles. The Morgan fingerprint density at radius 2 is 1.67 bits per heavy atom. The lowest BCUT2D eigenvalue weighted by molar-refractivity contribution is -0.141. The van der Waals surface area contributed by atoms with E-state index in [4.69, 9.17) is 4.74 Å². The highest BCUT2D eigenvalue weighted by atomic mass is 16.5. The molecule has 2 aliphatic heterocycles. The monoisotopic (exact) mass is 256 g/mol. The fourth-order valence-electron chi connectivity index (χ4n) is 2.48. The van der Waals surface area contributed by atoms with Gasteiger partial charge in [-0.25, -0.2) is 4.79 Å². The lowest BCUT2D eigenvalue weighted by atomic mass is 9.95. The van der Waals surface area contributed by atoms with Gasteiger partial charge in [-0.1, -0.05) is 0 Å². The van der Waals surface area contributed by atoms with Gasteiger partial charge >= 0.3 is 6.09 Å². The maximum absolute atomic E-state index is 12.2. The number of carbonyl (C=O) groups excluding carboxylic acids is 2. The Morgan fingerprint density at radius 1 is 1.06 bits per heavy atom. The number of piperidine rings is 1. The Kier molecular flexibility index (Phi) is 4.41. The molecule has 0 unspecified atom stereocenters. The number of carbonyl (C=O) groups is 2. The van der Waals surface area contributed by atoms with Crippen LogP contribution in [-0.2, 0) is 14.3 Å². The first-order valence-electron chi connectivity index (χ1n) is 6.42. The van der Waals surface area contributed by atoms with Crippen molar-refractivity contribution < 1.29 is 19.1 Å². The summed E-state index contributed by atoms with van der Waals surface area (Å²) >= 11 is 0. The Labute approximate surface area is 107 Å². The molecule has 0 atom stereocenters. The lowest BCUT2D eigenvalue weighted by Gasteiger charge is -2.34. The van der Waals surface area contributed by atoms with Gasteiger partial charge in [0, 0.05) is 32.1 Å². The van der Waals surface area contributed by atoms with Gasteiger partial charge in [-0.2, -0.15) is 0 Å². The summed E-state index contributed by atoms with van der Waals surface area (Å²) in [5, 5.41) is 0. The average Bonchev–Trinajstić information content (AvgIpc) is 2.47. The standard InChI is InChI=1S/C12H20N2O4/c1-17-12(16)14-4-2-10(3-5-14)11(15)13-6-8-18-9-7-13/h10H,2-9H2,1H3. The van der Waals surface area contributed by atoms with Crippen molar-refractivity contribution in [2.75, 3.05) is 46.5 Å². The molecule has 0 radical (unpaired) electrons. The van der Waals surface area contributed by atoms with Crippen LogP contribution in [0.15, 0.2) is 0 Å². The second-order valence-corrected chi connectivity index (χ2v) is 4.67. The van der Waals surface area contributed by atoms with Gasteiger partial charge in [0.15, 0.2) is 0 Å². The van der Waals surface area contributed by atoms with E-state index in [1.54, 1.807) is 4.90 Å². The number of amides is 2. The summed E-state index contributed by atoms with van der Waals surface area (Å²) in [7, 11) is 1.38. The van der Waals surface area contributed by atoms with Crippen molar-refractivity contribution >= 4 is 12.0 Å². The van der Waals surface area contributed by atoms with Crippen molar-refractivity contribution in [2.45, 2.75) is 12.8 Å². The number of likely N-dealkylation sites (tertiary alicyclic amines) is 1. The van der Waals surface area contributed by atoms with E-state index in [2.05, 4.69) is 4.74 Å². The number of hydrogen-bond donors (Lipinski definition) is 0. The molecule has 18 heavy (non-hydrogen) atoms. The van der Waals surface area contributed by atoms with Crippen LogP contribution in [0.3, 0.4) is 0 Å². The topological polar surface area (TPSA) is 59.1 Å². The van der Waals surface area contributed by atoms with Crippen molar-refractivity contribution in [2.24, 2.45) is 5.92 Å². The van der Waals surface area contributed by atoms with Crippen molar-refractivity contribution in [1.82, 2.24) is 9.80 Å². The van der Waals surface area contributed by atoms with E-state index in [1.165, 1.54) is 7.11 Å². The molecule has 102 valence electrons. The van der Waals surface area contributed by atoms with Crippen LogP contribution in [-0.4, -0.2) is 68.3 Å². The van der Waals surface area contributed by atoms with Crippen LogP contribution in [0, 0.1) is 5.92 Å². The fourth-order valence-corrected chi connectivity index (χ4v) is 2.48. The molecule has 2 rings (SSSR count). The third kappa shape index (κ3) is 2.93. The smallest absolute Gasteiger partial charge is 0.409 e. The minimum atomic E-state index is -0.299. The number of morpholine rings is 1. The summed E-state index contributed by atoms with van der Waals surface area (Å²) in [4.78, 5) is 27.1. The van der Waals surface area contributed by atoms with Crippen molar-refractivity contribution in [3.05, 3.63) is 0 Å². The Morgan fingerprint density at radius 3 is 2.22 bits per heavy atom. The highest BCUT2D eigenvalue weighted by molar-refractivity contribution is 5.79. The molecule has 0 spiro atoms. The zero-order valence-electron chi connectivity index (χ0n) is 10.8. The highest BCUT2D eigenvalue weighted by Crippen LogP contribution is 2.20. The quantitative estimate of drug-likeness (QED) is 0.678. The third-order valence-electron chi connectivity index (χ3n) is 3.60. The molecule has 0 saturated carbocycles. The predicted octanol–water partition coefficient (Wildman–Crippen LogP) is 0.324. The van der Waals surface area contributed by atoms with Crippen LogP contribution in [0.5, 0.6) is 0 Å². The normalized spacial score (nSPS) is 21.8. The van der Waals surface area contributed by atoms with Gasteiger partial charge in [-0.15, -0.1) is 0 Å². The van der Waals surface area contributed by atoms with E-state index in [0.29, 0.717) is 39.4 Å². The minimum Gasteiger partial charge on any atom is -0.453 e. The first-order valence-corrected chi connectivity index (χ1v) is 6.42. The molecular weight excluding hydrogens is 236 g/mol. The summed E-state index contributed by atoms with van der Waals surface area (Å²) in [6.45, 7) is 3.85. The molecule has 2 fully saturated rings. The number of nitrogens with zero attached hydrogens (tertiary/aromatic N) is 2. The largest absolute Gasteiger partial charge is 0.453 e. The molecule has 2 saturated heterocycles. The first-order chi connectivity index (χ1) is 8.72. The Hall–Kier alpha value is -1.30. The van der Waals surface area contributed by atoms with Crippen molar-refractivity contribution in [1.29, 1.82) is 0 Å². The van der Waals surface area contributed by atoms with Crippen LogP contribution in [0.2, 0.25) is 0 Å². The molecule has 6 heteroatoms. The van der Waals surface area contributed by atoms with Gasteiger partial charge in [0.25, 0.3) is 0 Å². The molecule has 0 aromatic rings. The molecule has 6 nitrogen and oxygen atoms in total. The molecule has 0 bridgehead atoms. The lowest BCUT2D eigenvalue weighted by Crippen LogP contribution is -2.47. The van der Waals surface area contributed by atoms with Gasteiger partial charge in [0.05, 0.1) is 20.3 Å². The van der Waals surface area contributed by atoms with Crippen LogP contribution in [0.1, 0.15) is 12.8 Å². The average molecular weight is 256 g/mol. The number of rotatable bonds is 1. The van der Waals surface area contributed by atoms with Gasteiger partial charge in [-0.3, -0.25) is 4.79 Å². The maximum Gasteiger partial charge on any atom is 0.409 e. The Bertz CT molecular complexity index is 307. The van der Waals surface area contributed by atoms with Gasteiger partial charge < -0.3 is 19.3 Å². The van der Waals surface area contributed by atoms with E-state index in [9.17, 15) is 9.59 Å². The van der Waals surface area contributed by atoms with E-state index in [-0.39, 0.29) is 17.9 Å². The molecule has 0 aromatic heterocycles. The summed E-state index contributed by atoms with van der Waals surface area (Å²) in [5.41, 5.74) is 0. The van der Waals surface area contributed by atoms with Gasteiger partial charge in [0.1, 0.15) is 0 Å². The highest BCUT2D eigenvalue weighted by Gasteiger charge is 2.30. The summed E-state index contributed by atoms with van der Waals surface area (Å²) in [5.74, 6) is 0.256. The predicted molar refractivity (Wildman–Crippen MR) is 64.1 cm³/mol. The minimum absolute atomic E-state index is 0.0454. The van der Waals surface area contributed by atoms with Gasteiger partial charge in [-0.05, 0) is 12.8 Å². The molecule has 2 heterocycles. The molecule has 2 aliphatic rings.